The third-order valence-corrected chi connectivity index (χ3v) is 6.03. The van der Waals surface area contributed by atoms with Crippen molar-refractivity contribution in [1.82, 2.24) is 10.2 Å². The molecule has 0 aromatic heterocycles. The minimum Gasteiger partial charge on any atom is -0.381 e. The fourth-order valence-electron chi connectivity index (χ4n) is 4.58. The Morgan fingerprint density at radius 1 is 1.10 bits per heavy atom. The van der Waals surface area contributed by atoms with E-state index >= 15 is 0 Å². The van der Waals surface area contributed by atoms with Gasteiger partial charge in [-0.1, -0.05) is 50.2 Å². The number of nitrogens with one attached hydrogen (secondary N) is 1. The van der Waals surface area contributed by atoms with Crippen molar-refractivity contribution in [1.29, 1.82) is 0 Å². The normalized spacial score (nSPS) is 16.3. The molecule has 1 heterocycles. The second-order valence-corrected chi connectivity index (χ2v) is 9.86. The molecule has 4 nitrogen and oxygen atoms in total. The number of halogens is 1. The van der Waals surface area contributed by atoms with Gasteiger partial charge in [0.1, 0.15) is 5.82 Å². The lowest BCUT2D eigenvalue weighted by molar-refractivity contribution is -0.137. The Kier molecular flexibility index (Phi) is 7.50. The summed E-state index contributed by atoms with van der Waals surface area (Å²) in [5.41, 5.74) is 2.41. The van der Waals surface area contributed by atoms with E-state index < -0.39 is 5.41 Å². The van der Waals surface area contributed by atoms with E-state index in [1.807, 2.05) is 18.2 Å². The average Bonchev–Trinajstić information content (AvgIpc) is 2.72. The number of hydrogen-bond donors (Lipinski definition) is 1. The third-order valence-electron chi connectivity index (χ3n) is 6.03. The number of amides is 1. The number of nitrogens with zero attached hydrogens (tertiary/aromatic N) is 1. The molecule has 1 aliphatic rings. The first-order chi connectivity index (χ1) is 14.7. The first-order valence-electron chi connectivity index (χ1n) is 11.0. The van der Waals surface area contributed by atoms with Crippen molar-refractivity contribution in [2.24, 2.45) is 10.8 Å². The zero-order valence-electron chi connectivity index (χ0n) is 19.2. The Morgan fingerprint density at radius 2 is 1.74 bits per heavy atom. The number of benzene rings is 2. The first kappa shape index (κ1) is 23.4. The summed E-state index contributed by atoms with van der Waals surface area (Å²) in [7, 11) is 4.10. The molecule has 1 aliphatic heterocycles. The van der Waals surface area contributed by atoms with Crippen LogP contribution < -0.4 is 5.32 Å². The zero-order valence-corrected chi connectivity index (χ0v) is 19.2. The van der Waals surface area contributed by atoms with E-state index in [0.717, 1.165) is 23.2 Å². The van der Waals surface area contributed by atoms with Crippen molar-refractivity contribution in [2.75, 3.05) is 40.4 Å². The molecule has 0 aliphatic carbocycles. The predicted octanol–water partition coefficient (Wildman–Crippen LogP) is 4.54. The lowest BCUT2D eigenvalue weighted by atomic mass is 9.74. The quantitative estimate of drug-likeness (QED) is 0.674. The van der Waals surface area contributed by atoms with Gasteiger partial charge in [0.15, 0.2) is 0 Å². The molecule has 1 N–H and O–H groups in total. The number of hydrogen-bond acceptors (Lipinski definition) is 3. The average molecular weight is 427 g/mol. The van der Waals surface area contributed by atoms with Gasteiger partial charge in [-0.2, -0.15) is 0 Å². The highest BCUT2D eigenvalue weighted by Crippen LogP contribution is 2.36. The summed E-state index contributed by atoms with van der Waals surface area (Å²) in [6.45, 7) is 7.07. The highest BCUT2D eigenvalue weighted by Gasteiger charge is 2.40. The molecule has 168 valence electrons. The molecule has 1 fully saturated rings. The van der Waals surface area contributed by atoms with Crippen LogP contribution in [0.15, 0.2) is 48.5 Å². The summed E-state index contributed by atoms with van der Waals surface area (Å²) < 4.78 is 19.3. The van der Waals surface area contributed by atoms with Crippen LogP contribution in [0.4, 0.5) is 4.39 Å². The van der Waals surface area contributed by atoms with Gasteiger partial charge in [0.25, 0.3) is 0 Å². The monoisotopic (exact) mass is 426 g/mol. The van der Waals surface area contributed by atoms with Crippen molar-refractivity contribution in [3.05, 3.63) is 59.9 Å². The van der Waals surface area contributed by atoms with Crippen molar-refractivity contribution in [3.8, 4) is 11.1 Å². The maximum Gasteiger partial charge on any atom is 0.226 e. The van der Waals surface area contributed by atoms with Crippen LogP contribution in [0.5, 0.6) is 0 Å². The summed E-state index contributed by atoms with van der Waals surface area (Å²) in [6, 6.07) is 14.7. The highest BCUT2D eigenvalue weighted by molar-refractivity contribution is 5.83. The molecule has 3 rings (SSSR count). The summed E-state index contributed by atoms with van der Waals surface area (Å²) in [4.78, 5) is 15.6. The van der Waals surface area contributed by atoms with Crippen LogP contribution in [0.1, 0.15) is 32.3 Å². The lowest BCUT2D eigenvalue weighted by Crippen LogP contribution is -2.49. The van der Waals surface area contributed by atoms with E-state index in [-0.39, 0.29) is 17.1 Å². The van der Waals surface area contributed by atoms with E-state index in [1.54, 1.807) is 12.1 Å². The maximum atomic E-state index is 13.7. The van der Waals surface area contributed by atoms with Gasteiger partial charge in [-0.05, 0) is 67.6 Å². The number of ether oxygens (including phenoxy) is 1. The molecule has 5 heteroatoms. The van der Waals surface area contributed by atoms with Crippen LogP contribution in [0.25, 0.3) is 11.1 Å². The van der Waals surface area contributed by atoms with E-state index in [0.29, 0.717) is 39.0 Å². The summed E-state index contributed by atoms with van der Waals surface area (Å²) in [5, 5.41) is 3.24. The van der Waals surface area contributed by atoms with Crippen molar-refractivity contribution in [2.45, 2.75) is 33.1 Å². The Morgan fingerprint density at radius 3 is 2.39 bits per heavy atom. The van der Waals surface area contributed by atoms with Gasteiger partial charge in [0.05, 0.1) is 5.41 Å². The molecule has 0 bridgehead atoms. The minimum atomic E-state index is -0.479. The predicted molar refractivity (Wildman–Crippen MR) is 123 cm³/mol. The molecular formula is C26H35FN2O2. The second-order valence-electron chi connectivity index (χ2n) is 9.86. The van der Waals surface area contributed by atoms with Gasteiger partial charge in [-0.15, -0.1) is 0 Å². The summed E-state index contributed by atoms with van der Waals surface area (Å²) in [5.74, 6) is -0.137. The van der Waals surface area contributed by atoms with Gasteiger partial charge < -0.3 is 15.0 Å². The zero-order chi connectivity index (χ0) is 22.5. The van der Waals surface area contributed by atoms with Crippen LogP contribution in [-0.2, 0) is 16.0 Å². The molecule has 1 saturated heterocycles. The molecule has 2 aromatic carbocycles. The highest BCUT2D eigenvalue weighted by atomic mass is 19.1. The molecule has 1 amide bonds. The molecule has 0 atom stereocenters. The van der Waals surface area contributed by atoms with E-state index in [9.17, 15) is 9.18 Å². The Labute approximate surface area is 185 Å². The van der Waals surface area contributed by atoms with Crippen molar-refractivity contribution < 1.29 is 13.9 Å². The number of carbonyl (C=O) groups excluding carboxylic acids is 1. The molecule has 2 aromatic rings. The second kappa shape index (κ2) is 9.92. The maximum absolute atomic E-state index is 13.7. The summed E-state index contributed by atoms with van der Waals surface area (Å²) in [6.07, 6.45) is 2.06. The number of rotatable bonds is 8. The summed E-state index contributed by atoms with van der Waals surface area (Å²) >= 11 is 0. The minimum absolute atomic E-state index is 0.0111. The topological polar surface area (TPSA) is 41.6 Å². The molecule has 0 unspecified atom stereocenters. The Hall–Kier alpha value is -2.24. The van der Waals surface area contributed by atoms with E-state index in [4.69, 9.17) is 4.74 Å². The van der Waals surface area contributed by atoms with Gasteiger partial charge in [-0.25, -0.2) is 4.39 Å². The van der Waals surface area contributed by atoms with Gasteiger partial charge in [-0.3, -0.25) is 4.79 Å². The molecular weight excluding hydrogens is 391 g/mol. The van der Waals surface area contributed by atoms with Gasteiger partial charge in [0.2, 0.25) is 5.91 Å². The van der Waals surface area contributed by atoms with Crippen LogP contribution in [0, 0.1) is 16.6 Å². The van der Waals surface area contributed by atoms with E-state index in [2.05, 4.69) is 50.3 Å². The van der Waals surface area contributed by atoms with Crippen molar-refractivity contribution in [3.63, 3.8) is 0 Å². The largest absolute Gasteiger partial charge is 0.381 e. The molecule has 0 saturated carbocycles. The van der Waals surface area contributed by atoms with Gasteiger partial charge in [0, 0.05) is 26.3 Å². The first-order valence-corrected chi connectivity index (χ1v) is 11.0. The SMILES string of the molecule is CN(C)CC(C)(C)CNC(=O)C1(Cc2cccc(-c3cccc(F)c3)c2)CCOCC1. The Bertz CT molecular complexity index is 888. The van der Waals surface area contributed by atoms with Gasteiger partial charge >= 0.3 is 0 Å². The molecule has 0 spiro atoms. The Balaban J connectivity index is 1.78. The van der Waals surface area contributed by atoms with Crippen molar-refractivity contribution >= 4 is 5.91 Å². The lowest BCUT2D eigenvalue weighted by Gasteiger charge is -2.37. The van der Waals surface area contributed by atoms with Crippen LogP contribution in [0.2, 0.25) is 0 Å². The number of carbonyl (C=O) groups is 1. The smallest absolute Gasteiger partial charge is 0.226 e. The van der Waals surface area contributed by atoms with Crippen LogP contribution >= 0.6 is 0 Å². The molecule has 0 radical (unpaired) electrons. The fraction of sp³-hybridized carbons (Fsp3) is 0.500. The fourth-order valence-corrected chi connectivity index (χ4v) is 4.58. The third kappa shape index (κ3) is 6.37. The standard InChI is InChI=1S/C26H35FN2O2/c1-25(2,19-29(3)4)18-28-24(30)26(11-13-31-14-12-26)17-20-7-5-8-21(15-20)22-9-6-10-23(27)16-22/h5-10,15-16H,11-14,17-19H2,1-4H3,(H,28,30). The van der Waals surface area contributed by atoms with E-state index in [1.165, 1.54) is 6.07 Å². The van der Waals surface area contributed by atoms with Crippen LogP contribution in [-0.4, -0.2) is 51.2 Å². The molecule has 31 heavy (non-hydrogen) atoms. The van der Waals surface area contributed by atoms with Crippen LogP contribution in [0.3, 0.4) is 0 Å².